The first-order valence-corrected chi connectivity index (χ1v) is 13.3. The fraction of sp³-hybridized carbons (Fsp3) is 0.500. The van der Waals surface area contributed by atoms with Crippen LogP contribution < -0.4 is 16.2 Å². The summed E-state index contributed by atoms with van der Waals surface area (Å²) in [6.07, 6.45) is 8.62. The van der Waals surface area contributed by atoms with Crippen molar-refractivity contribution in [3.63, 3.8) is 0 Å². The number of esters is 1. The van der Waals surface area contributed by atoms with Gasteiger partial charge in [0, 0.05) is 17.5 Å². The van der Waals surface area contributed by atoms with Crippen molar-refractivity contribution >= 4 is 23.4 Å². The second-order valence-electron chi connectivity index (χ2n) is 10.9. The minimum atomic E-state index is -3.21. The zero-order valence-electron chi connectivity index (χ0n) is 21.6. The minimum absolute atomic E-state index is 0.0435. The van der Waals surface area contributed by atoms with Gasteiger partial charge in [0.1, 0.15) is 12.4 Å². The summed E-state index contributed by atoms with van der Waals surface area (Å²) in [4.78, 5) is 12.1. The number of halogens is 2. The molecule has 0 amide bonds. The number of hydrogen-bond donors (Lipinski definition) is 2. The molecule has 0 spiro atoms. The predicted octanol–water partition coefficient (Wildman–Crippen LogP) is 7.50. The third-order valence-electron chi connectivity index (χ3n) is 8.29. The van der Waals surface area contributed by atoms with Crippen LogP contribution >= 0.6 is 0 Å². The highest BCUT2D eigenvalue weighted by molar-refractivity contribution is 5.87. The summed E-state index contributed by atoms with van der Waals surface area (Å²) in [6.45, 7) is 2.24. The van der Waals surface area contributed by atoms with Gasteiger partial charge in [-0.15, -0.1) is 0 Å². The number of rotatable bonds is 11. The lowest BCUT2D eigenvalue weighted by atomic mass is 9.52. The number of nitrogens with two attached hydrogens (primary N) is 2. The normalized spacial score (nSPS) is 23.3. The molecule has 2 aromatic carbocycles. The quantitative estimate of drug-likeness (QED) is 0.141. The van der Waals surface area contributed by atoms with Crippen LogP contribution in [0.2, 0.25) is 0 Å². The Bertz CT molecular complexity index is 1070. The largest absolute Gasteiger partial charge is 0.458 e. The van der Waals surface area contributed by atoms with E-state index in [1.54, 1.807) is 36.4 Å². The molecule has 3 fully saturated rings. The Labute approximate surface area is 218 Å². The molecule has 0 saturated heterocycles. The van der Waals surface area contributed by atoms with Crippen LogP contribution in [0.5, 0.6) is 5.75 Å². The van der Waals surface area contributed by atoms with E-state index >= 15 is 8.78 Å². The number of ether oxygens (including phenoxy) is 2. The molecule has 0 unspecified atom stereocenters. The standard InChI is InChI=1S/C30H38F2N2O3/c1-2-3-4-11-28-12-15-29(16-13-28,17-14-28)30(31,32)37-26-8-5-22(6-9-26)7-10-27(35)36-21-23-18-24(33)20-25(34)19-23/h5-10,18-20H,2-4,11-17,21,33-34H2,1H3/b10-7+. The van der Waals surface area contributed by atoms with Crippen molar-refractivity contribution in [1.29, 1.82) is 0 Å². The van der Waals surface area contributed by atoms with Gasteiger partial charge in [0.15, 0.2) is 0 Å². The smallest absolute Gasteiger partial charge is 0.403 e. The SMILES string of the molecule is CCCCCC12CCC(C(F)(F)Oc3ccc(/C=C/C(=O)OCc4cc(N)cc(N)c4)cc3)(CC1)CC2. The molecular weight excluding hydrogens is 474 g/mol. The van der Waals surface area contributed by atoms with E-state index in [9.17, 15) is 4.79 Å². The molecule has 37 heavy (non-hydrogen) atoms. The Morgan fingerprint density at radius 3 is 2.19 bits per heavy atom. The molecule has 0 aliphatic heterocycles. The van der Waals surface area contributed by atoms with Crippen LogP contribution in [-0.4, -0.2) is 12.1 Å². The number of unbranched alkanes of at least 4 members (excludes halogenated alkanes) is 2. The van der Waals surface area contributed by atoms with Crippen molar-refractivity contribution in [2.45, 2.75) is 83.8 Å². The first-order chi connectivity index (χ1) is 17.6. The fourth-order valence-electron chi connectivity index (χ4n) is 5.92. The van der Waals surface area contributed by atoms with E-state index in [-0.39, 0.29) is 17.8 Å². The molecule has 4 N–H and O–H groups in total. The Hall–Kier alpha value is -3.09. The third-order valence-corrected chi connectivity index (χ3v) is 8.29. The van der Waals surface area contributed by atoms with Crippen molar-refractivity contribution in [3.05, 3.63) is 59.7 Å². The zero-order chi connectivity index (χ0) is 26.5. The average Bonchev–Trinajstić information content (AvgIpc) is 2.87. The molecule has 200 valence electrons. The van der Waals surface area contributed by atoms with Gasteiger partial charge >= 0.3 is 12.1 Å². The van der Waals surface area contributed by atoms with E-state index in [4.69, 9.17) is 20.9 Å². The van der Waals surface area contributed by atoms with E-state index in [0.717, 1.165) is 19.3 Å². The van der Waals surface area contributed by atoms with Crippen molar-refractivity contribution in [2.24, 2.45) is 10.8 Å². The molecule has 0 heterocycles. The molecule has 2 aromatic rings. The molecule has 5 nitrogen and oxygen atoms in total. The highest BCUT2D eigenvalue weighted by atomic mass is 19.3. The molecule has 3 aliphatic carbocycles. The maximum Gasteiger partial charge on any atom is 0.403 e. The second kappa shape index (κ2) is 11.1. The van der Waals surface area contributed by atoms with E-state index < -0.39 is 17.5 Å². The van der Waals surface area contributed by atoms with Gasteiger partial charge < -0.3 is 20.9 Å². The highest BCUT2D eigenvalue weighted by Crippen LogP contribution is 2.63. The van der Waals surface area contributed by atoms with Crippen LogP contribution in [0.3, 0.4) is 0 Å². The Balaban J connectivity index is 1.29. The van der Waals surface area contributed by atoms with Gasteiger partial charge in [-0.3, -0.25) is 0 Å². The Kier molecular flexibility index (Phi) is 8.10. The molecule has 3 saturated carbocycles. The number of benzene rings is 2. The molecule has 0 aromatic heterocycles. The van der Waals surface area contributed by atoms with Gasteiger partial charge in [0.25, 0.3) is 0 Å². The van der Waals surface area contributed by atoms with E-state index in [1.165, 1.54) is 43.9 Å². The molecule has 2 bridgehead atoms. The number of alkyl halides is 2. The molecule has 0 radical (unpaired) electrons. The first-order valence-electron chi connectivity index (χ1n) is 13.3. The van der Waals surface area contributed by atoms with Crippen molar-refractivity contribution in [2.75, 3.05) is 11.5 Å². The maximum atomic E-state index is 15.4. The molecule has 7 heteroatoms. The summed E-state index contributed by atoms with van der Waals surface area (Å²) in [5.41, 5.74) is 13.0. The lowest BCUT2D eigenvalue weighted by Crippen LogP contribution is -2.53. The summed E-state index contributed by atoms with van der Waals surface area (Å²) >= 11 is 0. The number of nitrogen functional groups attached to an aromatic ring is 2. The molecule has 5 rings (SSSR count). The van der Waals surface area contributed by atoms with Crippen LogP contribution in [0.15, 0.2) is 48.5 Å². The lowest BCUT2D eigenvalue weighted by Gasteiger charge is -2.55. The van der Waals surface area contributed by atoms with Crippen LogP contribution in [0.4, 0.5) is 20.2 Å². The predicted molar refractivity (Wildman–Crippen MR) is 143 cm³/mol. The van der Waals surface area contributed by atoms with Crippen molar-refractivity contribution in [1.82, 2.24) is 0 Å². The van der Waals surface area contributed by atoms with E-state index in [2.05, 4.69) is 6.92 Å². The van der Waals surface area contributed by atoms with Gasteiger partial charge in [-0.2, -0.15) is 8.78 Å². The highest BCUT2D eigenvalue weighted by Gasteiger charge is 2.62. The topological polar surface area (TPSA) is 87.6 Å². The Morgan fingerprint density at radius 1 is 0.973 bits per heavy atom. The van der Waals surface area contributed by atoms with Crippen molar-refractivity contribution < 1.29 is 23.0 Å². The van der Waals surface area contributed by atoms with Gasteiger partial charge in [0.2, 0.25) is 0 Å². The summed E-state index contributed by atoms with van der Waals surface area (Å²) in [5.74, 6) is -0.406. The number of carbonyl (C=O) groups excluding carboxylic acids is 1. The van der Waals surface area contributed by atoms with E-state index in [1.807, 2.05) is 0 Å². The van der Waals surface area contributed by atoms with Gasteiger partial charge in [-0.25, -0.2) is 4.79 Å². The summed E-state index contributed by atoms with van der Waals surface area (Å²) < 4.78 is 41.4. The summed E-state index contributed by atoms with van der Waals surface area (Å²) in [6, 6.07) is 11.3. The lowest BCUT2D eigenvalue weighted by molar-refractivity contribution is -0.289. The zero-order valence-corrected chi connectivity index (χ0v) is 21.6. The fourth-order valence-corrected chi connectivity index (χ4v) is 5.92. The van der Waals surface area contributed by atoms with Crippen LogP contribution in [0, 0.1) is 10.8 Å². The first kappa shape index (κ1) is 27.0. The maximum absolute atomic E-state index is 15.4. The van der Waals surface area contributed by atoms with Crippen LogP contribution in [0.1, 0.15) is 82.3 Å². The number of anilines is 2. The van der Waals surface area contributed by atoms with Crippen LogP contribution in [-0.2, 0) is 16.1 Å². The monoisotopic (exact) mass is 512 g/mol. The van der Waals surface area contributed by atoms with E-state index in [0.29, 0.717) is 41.8 Å². The van der Waals surface area contributed by atoms with Crippen LogP contribution in [0.25, 0.3) is 6.08 Å². The summed E-state index contributed by atoms with van der Waals surface area (Å²) in [5, 5.41) is 0. The minimum Gasteiger partial charge on any atom is -0.458 e. The second-order valence-corrected chi connectivity index (χ2v) is 10.9. The third kappa shape index (κ3) is 6.43. The van der Waals surface area contributed by atoms with Crippen molar-refractivity contribution in [3.8, 4) is 5.75 Å². The number of fused-ring (bicyclic) bond motifs is 3. The average molecular weight is 513 g/mol. The van der Waals surface area contributed by atoms with Gasteiger partial charge in [-0.05, 0) is 97.9 Å². The van der Waals surface area contributed by atoms with Gasteiger partial charge in [0.05, 0.1) is 5.41 Å². The Morgan fingerprint density at radius 2 is 1.59 bits per heavy atom. The summed E-state index contributed by atoms with van der Waals surface area (Å²) in [7, 11) is 0. The molecule has 3 aliphatic rings. The molecule has 0 atom stereocenters. The van der Waals surface area contributed by atoms with Gasteiger partial charge in [-0.1, -0.05) is 38.3 Å². The number of carbonyl (C=O) groups is 1. The number of hydrogen-bond acceptors (Lipinski definition) is 5. The molecular formula is C30H38F2N2O3.